The number of imidazole rings is 1. The van der Waals surface area contributed by atoms with E-state index in [9.17, 15) is 4.79 Å². The summed E-state index contributed by atoms with van der Waals surface area (Å²) < 4.78 is 6.83. The maximum atomic E-state index is 11.6. The largest absolute Gasteiger partial charge is 0.461 e. The molecule has 2 rings (SSSR count). The van der Waals surface area contributed by atoms with Crippen LogP contribution in [-0.4, -0.2) is 47.2 Å². The zero-order valence-electron chi connectivity index (χ0n) is 10.9. The summed E-state index contributed by atoms with van der Waals surface area (Å²) in [6.45, 7) is 4.18. The number of nitrogen functional groups attached to an aromatic ring is 1. The number of ether oxygens (including phenoxy) is 1. The maximum Gasteiger partial charge on any atom is 0.360 e. The molecule has 0 atom stereocenters. The van der Waals surface area contributed by atoms with Crippen molar-refractivity contribution in [1.82, 2.24) is 14.5 Å². The first-order valence-corrected chi connectivity index (χ1v) is 6.31. The molecule has 1 aliphatic heterocycles. The maximum absolute atomic E-state index is 11.6. The number of nitrogens with zero attached hydrogens (tertiary/aromatic N) is 3. The van der Waals surface area contributed by atoms with E-state index in [2.05, 4.69) is 16.9 Å². The van der Waals surface area contributed by atoms with E-state index in [4.69, 9.17) is 10.5 Å². The summed E-state index contributed by atoms with van der Waals surface area (Å²) in [7, 11) is 2.11. The van der Waals surface area contributed by atoms with Crippen LogP contribution < -0.4 is 5.73 Å². The molecule has 0 radical (unpaired) electrons. The molecule has 0 aliphatic carbocycles. The average Bonchev–Trinajstić information content (AvgIpc) is 2.73. The molecule has 0 aromatic carbocycles. The van der Waals surface area contributed by atoms with E-state index in [0.29, 0.717) is 18.5 Å². The molecule has 2 N–H and O–H groups in total. The molecule has 1 saturated heterocycles. The van der Waals surface area contributed by atoms with Crippen LogP contribution in [0, 0.1) is 0 Å². The van der Waals surface area contributed by atoms with Crippen molar-refractivity contribution in [2.24, 2.45) is 0 Å². The molecule has 1 aromatic rings. The zero-order valence-corrected chi connectivity index (χ0v) is 10.9. The van der Waals surface area contributed by atoms with Crippen molar-refractivity contribution in [3.63, 3.8) is 0 Å². The topological polar surface area (TPSA) is 73.4 Å². The molecule has 6 heteroatoms. The van der Waals surface area contributed by atoms with Gasteiger partial charge >= 0.3 is 5.97 Å². The number of aromatic nitrogens is 2. The number of esters is 1. The lowest BCUT2D eigenvalue weighted by Gasteiger charge is -2.30. The molecule has 1 fully saturated rings. The second-order valence-corrected chi connectivity index (χ2v) is 4.64. The van der Waals surface area contributed by atoms with E-state index in [1.807, 2.05) is 4.57 Å². The first-order chi connectivity index (χ1) is 8.63. The lowest BCUT2D eigenvalue weighted by Crippen LogP contribution is -2.31. The molecule has 0 bridgehead atoms. The minimum atomic E-state index is -0.443. The number of hydrogen-bond acceptors (Lipinski definition) is 5. The Hall–Kier alpha value is -1.56. The molecule has 0 amide bonds. The highest BCUT2D eigenvalue weighted by Crippen LogP contribution is 2.26. The second-order valence-electron chi connectivity index (χ2n) is 4.64. The van der Waals surface area contributed by atoms with E-state index in [0.717, 1.165) is 25.9 Å². The van der Waals surface area contributed by atoms with Gasteiger partial charge in [-0.15, -0.1) is 0 Å². The fourth-order valence-electron chi connectivity index (χ4n) is 2.29. The quantitative estimate of drug-likeness (QED) is 0.809. The van der Waals surface area contributed by atoms with Crippen molar-refractivity contribution >= 4 is 11.8 Å². The molecule has 100 valence electrons. The van der Waals surface area contributed by atoms with Gasteiger partial charge in [-0.3, -0.25) is 0 Å². The van der Waals surface area contributed by atoms with Gasteiger partial charge in [0.1, 0.15) is 5.82 Å². The van der Waals surface area contributed by atoms with Crippen molar-refractivity contribution in [2.45, 2.75) is 25.8 Å². The standard InChI is InChI=1S/C12H20N4O2/c1-3-18-12(17)10-11(13)16(8-14-10)9-4-6-15(2)7-5-9/h8-9H,3-7,13H2,1-2H3. The Labute approximate surface area is 107 Å². The van der Waals surface area contributed by atoms with Gasteiger partial charge in [0.25, 0.3) is 0 Å². The number of rotatable bonds is 3. The van der Waals surface area contributed by atoms with Crippen molar-refractivity contribution < 1.29 is 9.53 Å². The number of likely N-dealkylation sites (tertiary alicyclic amines) is 1. The number of hydrogen-bond donors (Lipinski definition) is 1. The van der Waals surface area contributed by atoms with Gasteiger partial charge in [-0.1, -0.05) is 0 Å². The van der Waals surface area contributed by atoms with E-state index in [1.54, 1.807) is 13.3 Å². The third kappa shape index (κ3) is 2.48. The van der Waals surface area contributed by atoms with Crippen molar-refractivity contribution in [1.29, 1.82) is 0 Å². The third-order valence-corrected chi connectivity index (χ3v) is 3.38. The van der Waals surface area contributed by atoms with Gasteiger partial charge in [-0.05, 0) is 39.9 Å². The molecule has 2 heterocycles. The number of carbonyl (C=O) groups is 1. The van der Waals surface area contributed by atoms with E-state index in [1.165, 1.54) is 0 Å². The fourth-order valence-corrected chi connectivity index (χ4v) is 2.29. The first kappa shape index (κ1) is 12.9. The zero-order chi connectivity index (χ0) is 13.1. The number of piperidine rings is 1. The lowest BCUT2D eigenvalue weighted by atomic mass is 10.1. The van der Waals surface area contributed by atoms with Crippen LogP contribution in [0.1, 0.15) is 36.3 Å². The predicted octanol–water partition coefficient (Wildman–Crippen LogP) is 0.909. The Morgan fingerprint density at radius 1 is 1.56 bits per heavy atom. The Balaban J connectivity index is 2.13. The van der Waals surface area contributed by atoms with Crippen molar-refractivity contribution in [2.75, 3.05) is 32.5 Å². The summed E-state index contributed by atoms with van der Waals surface area (Å²) in [5.74, 6) is -0.0234. The van der Waals surface area contributed by atoms with Gasteiger partial charge in [0.05, 0.1) is 12.9 Å². The predicted molar refractivity (Wildman–Crippen MR) is 68.4 cm³/mol. The van der Waals surface area contributed by atoms with Crippen LogP contribution in [0.2, 0.25) is 0 Å². The summed E-state index contributed by atoms with van der Waals surface area (Å²) in [5, 5.41) is 0. The molecule has 6 nitrogen and oxygen atoms in total. The highest BCUT2D eigenvalue weighted by Gasteiger charge is 2.23. The minimum Gasteiger partial charge on any atom is -0.461 e. The summed E-state index contributed by atoms with van der Waals surface area (Å²) in [4.78, 5) is 18.0. The van der Waals surface area contributed by atoms with E-state index < -0.39 is 5.97 Å². The van der Waals surface area contributed by atoms with Crippen molar-refractivity contribution in [3.05, 3.63) is 12.0 Å². The van der Waals surface area contributed by atoms with Gasteiger partial charge < -0.3 is 19.9 Å². The number of carbonyl (C=O) groups excluding carboxylic acids is 1. The summed E-state index contributed by atoms with van der Waals surface area (Å²) >= 11 is 0. The molecular weight excluding hydrogens is 232 g/mol. The Kier molecular flexibility index (Phi) is 3.86. The Morgan fingerprint density at radius 3 is 2.83 bits per heavy atom. The van der Waals surface area contributed by atoms with Gasteiger partial charge in [0.15, 0.2) is 5.69 Å². The monoisotopic (exact) mass is 252 g/mol. The summed E-state index contributed by atoms with van der Waals surface area (Å²) in [5.41, 5.74) is 6.22. The Bertz CT molecular complexity index is 422. The van der Waals surface area contributed by atoms with E-state index in [-0.39, 0.29) is 5.69 Å². The Morgan fingerprint density at radius 2 is 2.22 bits per heavy atom. The summed E-state index contributed by atoms with van der Waals surface area (Å²) in [6.07, 6.45) is 3.70. The van der Waals surface area contributed by atoms with Crippen LogP contribution >= 0.6 is 0 Å². The van der Waals surface area contributed by atoms with Crippen LogP contribution in [-0.2, 0) is 4.74 Å². The van der Waals surface area contributed by atoms with Crippen LogP contribution in [0.25, 0.3) is 0 Å². The molecule has 0 spiro atoms. The van der Waals surface area contributed by atoms with Gasteiger partial charge in [-0.2, -0.15) is 0 Å². The molecule has 1 aliphatic rings. The second kappa shape index (κ2) is 5.39. The van der Waals surface area contributed by atoms with E-state index >= 15 is 0 Å². The average molecular weight is 252 g/mol. The molecule has 0 saturated carbocycles. The molecule has 1 aromatic heterocycles. The fraction of sp³-hybridized carbons (Fsp3) is 0.667. The minimum absolute atomic E-state index is 0.232. The highest BCUT2D eigenvalue weighted by atomic mass is 16.5. The van der Waals surface area contributed by atoms with Crippen LogP contribution in [0.5, 0.6) is 0 Å². The third-order valence-electron chi connectivity index (χ3n) is 3.38. The molecule has 0 unspecified atom stereocenters. The molecular formula is C12H20N4O2. The normalized spacial score (nSPS) is 17.9. The highest BCUT2D eigenvalue weighted by molar-refractivity contribution is 5.92. The van der Waals surface area contributed by atoms with Gasteiger partial charge in [0, 0.05) is 6.04 Å². The van der Waals surface area contributed by atoms with Crippen molar-refractivity contribution in [3.8, 4) is 0 Å². The number of anilines is 1. The van der Waals surface area contributed by atoms with Crippen LogP contribution in [0.4, 0.5) is 5.82 Å². The van der Waals surface area contributed by atoms with Gasteiger partial charge in [0.2, 0.25) is 0 Å². The summed E-state index contributed by atoms with van der Waals surface area (Å²) in [6, 6.07) is 0.330. The van der Waals surface area contributed by atoms with Crippen LogP contribution in [0.3, 0.4) is 0 Å². The SMILES string of the molecule is CCOC(=O)c1ncn(C2CCN(C)CC2)c1N. The first-order valence-electron chi connectivity index (χ1n) is 6.31. The molecule has 18 heavy (non-hydrogen) atoms. The van der Waals surface area contributed by atoms with Crippen LogP contribution in [0.15, 0.2) is 6.33 Å². The smallest absolute Gasteiger partial charge is 0.360 e. The number of nitrogens with two attached hydrogens (primary N) is 1. The lowest BCUT2D eigenvalue weighted by molar-refractivity contribution is 0.0521. The van der Waals surface area contributed by atoms with Gasteiger partial charge in [-0.25, -0.2) is 9.78 Å².